The highest BCUT2D eigenvalue weighted by atomic mass is 79.9. The molecule has 22 heavy (non-hydrogen) atoms. The molecule has 5 heteroatoms. The predicted molar refractivity (Wildman–Crippen MR) is 82.5 cm³/mol. The Labute approximate surface area is 135 Å². The second kappa shape index (κ2) is 6.65. The van der Waals surface area contributed by atoms with Crippen LogP contribution < -0.4 is 0 Å². The summed E-state index contributed by atoms with van der Waals surface area (Å²) < 4.78 is 40.1. The summed E-state index contributed by atoms with van der Waals surface area (Å²) in [6.45, 7) is 0.817. The van der Waals surface area contributed by atoms with Crippen molar-refractivity contribution in [2.24, 2.45) is 0 Å². The van der Waals surface area contributed by atoms with E-state index in [1.807, 2.05) is 0 Å². The van der Waals surface area contributed by atoms with Crippen molar-refractivity contribution < 1.29 is 18.0 Å². The fraction of sp³-hybridized carbons (Fsp3) is 0.235. The zero-order chi connectivity index (χ0) is 16.3. The van der Waals surface area contributed by atoms with Gasteiger partial charge in [0.15, 0.2) is 0 Å². The van der Waals surface area contributed by atoms with E-state index in [0.717, 1.165) is 6.92 Å². The van der Waals surface area contributed by atoms with Crippen molar-refractivity contribution in [2.75, 3.05) is 0 Å². The van der Waals surface area contributed by atoms with Crippen LogP contribution in [0.25, 0.3) is 0 Å². The summed E-state index contributed by atoms with van der Waals surface area (Å²) in [5.74, 6) is -3.45. The van der Waals surface area contributed by atoms with Crippen LogP contribution in [0.2, 0.25) is 0 Å². The van der Waals surface area contributed by atoms with Gasteiger partial charge in [0.1, 0.15) is 11.6 Å². The molecule has 0 atom stereocenters. The molecular formula is C17H14BrF3O. The number of ketones is 1. The van der Waals surface area contributed by atoms with Crippen LogP contribution in [0.3, 0.4) is 0 Å². The third kappa shape index (κ3) is 4.44. The minimum Gasteiger partial charge on any atom is -0.299 e. The van der Waals surface area contributed by atoms with Gasteiger partial charge in [-0.15, -0.1) is 0 Å². The number of hydrogen-bond donors (Lipinski definition) is 0. The van der Waals surface area contributed by atoms with Gasteiger partial charge in [0, 0.05) is 29.8 Å². The topological polar surface area (TPSA) is 17.1 Å². The molecular weight excluding hydrogens is 357 g/mol. The average molecular weight is 371 g/mol. The summed E-state index contributed by atoms with van der Waals surface area (Å²) in [4.78, 5) is 12.0. The van der Waals surface area contributed by atoms with E-state index in [4.69, 9.17) is 0 Å². The molecule has 116 valence electrons. The monoisotopic (exact) mass is 370 g/mol. The summed E-state index contributed by atoms with van der Waals surface area (Å²) >= 11 is 3.09. The van der Waals surface area contributed by atoms with Gasteiger partial charge in [0.05, 0.1) is 0 Å². The van der Waals surface area contributed by atoms with Crippen LogP contribution in [0, 0.1) is 5.82 Å². The maximum Gasteiger partial charge on any atom is 0.271 e. The van der Waals surface area contributed by atoms with Crippen molar-refractivity contribution in [1.82, 2.24) is 0 Å². The minimum atomic E-state index is -2.98. The normalized spacial score (nSPS) is 11.5. The molecule has 0 bridgehead atoms. The van der Waals surface area contributed by atoms with Gasteiger partial charge in [-0.3, -0.25) is 4.79 Å². The van der Waals surface area contributed by atoms with Crippen molar-refractivity contribution in [1.29, 1.82) is 0 Å². The van der Waals surface area contributed by atoms with E-state index in [2.05, 4.69) is 15.9 Å². The lowest BCUT2D eigenvalue weighted by atomic mass is 10.00. The van der Waals surface area contributed by atoms with Gasteiger partial charge in [-0.25, -0.2) is 13.2 Å². The molecule has 2 aromatic rings. The Morgan fingerprint density at radius 2 is 1.59 bits per heavy atom. The van der Waals surface area contributed by atoms with E-state index in [-0.39, 0.29) is 30.0 Å². The summed E-state index contributed by atoms with van der Waals surface area (Å²) in [6.07, 6.45) is 0.210. The Morgan fingerprint density at radius 1 is 1.05 bits per heavy atom. The third-order valence-corrected chi connectivity index (χ3v) is 3.91. The Morgan fingerprint density at radius 3 is 2.18 bits per heavy atom. The lowest BCUT2D eigenvalue weighted by Crippen LogP contribution is -2.11. The maximum atomic E-state index is 13.5. The number of hydrogen-bond acceptors (Lipinski definition) is 1. The zero-order valence-electron chi connectivity index (χ0n) is 11.9. The quantitative estimate of drug-likeness (QED) is 0.719. The van der Waals surface area contributed by atoms with Crippen molar-refractivity contribution in [3.63, 3.8) is 0 Å². The number of halogens is 4. The van der Waals surface area contributed by atoms with E-state index in [9.17, 15) is 18.0 Å². The Bertz CT molecular complexity index is 675. The Kier molecular flexibility index (Phi) is 5.06. The first-order valence-electron chi connectivity index (χ1n) is 6.68. The Balaban J connectivity index is 2.10. The molecule has 0 aliphatic rings. The maximum absolute atomic E-state index is 13.5. The second-order valence-electron chi connectivity index (χ2n) is 5.22. The van der Waals surface area contributed by atoms with E-state index in [1.165, 1.54) is 24.3 Å². The first-order chi connectivity index (χ1) is 10.3. The van der Waals surface area contributed by atoms with Crippen LogP contribution in [0.5, 0.6) is 0 Å². The molecule has 0 radical (unpaired) electrons. The molecule has 0 saturated heterocycles. The lowest BCUT2D eigenvalue weighted by molar-refractivity contribution is -0.117. The van der Waals surface area contributed by atoms with Gasteiger partial charge < -0.3 is 0 Å². The highest BCUT2D eigenvalue weighted by Crippen LogP contribution is 2.33. The van der Waals surface area contributed by atoms with Gasteiger partial charge in [-0.2, -0.15) is 0 Å². The molecule has 0 fully saturated rings. The van der Waals surface area contributed by atoms with Crippen LogP contribution >= 0.6 is 15.9 Å². The molecule has 0 spiro atoms. The first-order valence-corrected chi connectivity index (χ1v) is 7.48. The molecule has 0 amide bonds. The molecule has 0 heterocycles. The number of rotatable bonds is 5. The molecule has 0 aliphatic heterocycles. The second-order valence-corrected chi connectivity index (χ2v) is 6.08. The molecule has 1 nitrogen and oxygen atoms in total. The van der Waals surface area contributed by atoms with Crippen LogP contribution in [0.15, 0.2) is 46.9 Å². The average Bonchev–Trinajstić information content (AvgIpc) is 2.42. The van der Waals surface area contributed by atoms with Gasteiger partial charge >= 0.3 is 0 Å². The van der Waals surface area contributed by atoms with Crippen LogP contribution in [-0.2, 0) is 23.6 Å². The molecule has 2 rings (SSSR count). The molecule has 0 N–H and O–H groups in total. The smallest absolute Gasteiger partial charge is 0.271 e. The van der Waals surface area contributed by atoms with Gasteiger partial charge in [-0.05, 0) is 35.4 Å². The summed E-state index contributed by atoms with van der Waals surface area (Å²) in [7, 11) is 0. The van der Waals surface area contributed by atoms with Gasteiger partial charge in [0.2, 0.25) is 0 Å². The Hall–Kier alpha value is -1.62. The first kappa shape index (κ1) is 16.7. The van der Waals surface area contributed by atoms with Gasteiger partial charge in [-0.1, -0.05) is 34.1 Å². The van der Waals surface area contributed by atoms with Gasteiger partial charge in [0.25, 0.3) is 5.92 Å². The standard InChI is InChI=1S/C17H14BrF3O/c1-17(20,21)15-10-12(4-7-16(15)18)9-14(22)8-11-2-5-13(19)6-3-11/h2-7,10H,8-9H2,1H3. The van der Waals surface area contributed by atoms with E-state index in [1.54, 1.807) is 18.2 Å². The minimum absolute atomic E-state index is 0.0632. The highest BCUT2D eigenvalue weighted by Gasteiger charge is 2.27. The summed E-state index contributed by atoms with van der Waals surface area (Å²) in [5.41, 5.74) is 1.09. The zero-order valence-corrected chi connectivity index (χ0v) is 13.5. The van der Waals surface area contributed by atoms with E-state index < -0.39 is 5.92 Å². The number of benzene rings is 2. The third-order valence-electron chi connectivity index (χ3n) is 3.22. The number of carbonyl (C=O) groups is 1. The number of Topliss-reactive ketones (excluding diaryl/α,β-unsaturated/α-hetero) is 1. The largest absolute Gasteiger partial charge is 0.299 e. The predicted octanol–water partition coefficient (Wildman–Crippen LogP) is 5.05. The van der Waals surface area contributed by atoms with E-state index >= 15 is 0 Å². The van der Waals surface area contributed by atoms with Crippen molar-refractivity contribution in [3.8, 4) is 0 Å². The SMILES string of the molecule is CC(F)(F)c1cc(CC(=O)Cc2ccc(F)cc2)ccc1Br. The van der Waals surface area contributed by atoms with Crippen LogP contribution in [0.1, 0.15) is 23.6 Å². The fourth-order valence-corrected chi connectivity index (χ4v) is 2.73. The van der Waals surface area contributed by atoms with Crippen molar-refractivity contribution in [3.05, 3.63) is 69.4 Å². The lowest BCUT2D eigenvalue weighted by Gasteiger charge is -2.14. The summed E-state index contributed by atoms with van der Waals surface area (Å²) in [5, 5.41) is 0. The van der Waals surface area contributed by atoms with E-state index in [0.29, 0.717) is 15.6 Å². The summed E-state index contributed by atoms with van der Waals surface area (Å²) in [6, 6.07) is 10.2. The molecule has 0 saturated carbocycles. The van der Waals surface area contributed by atoms with Crippen molar-refractivity contribution >= 4 is 21.7 Å². The molecule has 0 aromatic heterocycles. The van der Waals surface area contributed by atoms with Crippen LogP contribution in [0.4, 0.5) is 13.2 Å². The highest BCUT2D eigenvalue weighted by molar-refractivity contribution is 9.10. The number of carbonyl (C=O) groups excluding carboxylic acids is 1. The molecule has 0 unspecified atom stereocenters. The van der Waals surface area contributed by atoms with Crippen LogP contribution in [-0.4, -0.2) is 5.78 Å². The van der Waals surface area contributed by atoms with Crippen molar-refractivity contribution in [2.45, 2.75) is 25.7 Å². The molecule has 0 aliphatic carbocycles. The number of alkyl halides is 2. The molecule has 2 aromatic carbocycles. The fourth-order valence-electron chi connectivity index (χ4n) is 2.14.